The molecule has 0 heterocycles. The van der Waals surface area contributed by atoms with Crippen LogP contribution in [0.25, 0.3) is 0 Å². The van der Waals surface area contributed by atoms with Crippen LogP contribution in [0.2, 0.25) is 0 Å². The van der Waals surface area contributed by atoms with Crippen LogP contribution >= 0.6 is 31.9 Å². The number of ether oxygens (including phenoxy) is 1. The summed E-state index contributed by atoms with van der Waals surface area (Å²) in [6.07, 6.45) is 5.19. The van der Waals surface area contributed by atoms with Crippen LogP contribution in [0.5, 0.6) is 0 Å². The molecule has 2 nitrogen and oxygen atoms in total. The van der Waals surface area contributed by atoms with Crippen LogP contribution in [0.3, 0.4) is 0 Å². The maximum absolute atomic E-state index is 5.59. The summed E-state index contributed by atoms with van der Waals surface area (Å²) in [7, 11) is 1.81. The first-order valence-corrected chi connectivity index (χ1v) is 7.95. The average molecular weight is 377 g/mol. The summed E-state index contributed by atoms with van der Waals surface area (Å²) in [5, 5.41) is 3.63. The van der Waals surface area contributed by atoms with E-state index in [9.17, 15) is 0 Å². The lowest BCUT2D eigenvalue weighted by atomic mass is 9.92. The first kappa shape index (κ1) is 14.4. The maximum Gasteiger partial charge on any atom is 0.0772 e. The van der Waals surface area contributed by atoms with E-state index in [-0.39, 0.29) is 0 Å². The minimum atomic E-state index is 0.318. The molecular formula is C14H19Br2NO. The fourth-order valence-electron chi connectivity index (χ4n) is 2.57. The molecule has 2 unspecified atom stereocenters. The van der Waals surface area contributed by atoms with E-state index in [0.717, 1.165) is 21.1 Å². The zero-order valence-electron chi connectivity index (χ0n) is 10.8. The second-order valence-electron chi connectivity index (χ2n) is 4.91. The molecule has 2 atom stereocenters. The van der Waals surface area contributed by atoms with Gasteiger partial charge in [-0.1, -0.05) is 12.8 Å². The van der Waals surface area contributed by atoms with E-state index >= 15 is 0 Å². The molecule has 1 aromatic carbocycles. The Labute approximate surface area is 126 Å². The molecule has 0 aliphatic heterocycles. The van der Waals surface area contributed by atoms with Gasteiger partial charge in [-0.25, -0.2) is 0 Å². The van der Waals surface area contributed by atoms with E-state index < -0.39 is 0 Å². The molecule has 0 saturated heterocycles. The Hall–Kier alpha value is -0.0600. The Morgan fingerprint density at radius 1 is 1.17 bits per heavy atom. The van der Waals surface area contributed by atoms with Crippen molar-refractivity contribution < 1.29 is 4.74 Å². The smallest absolute Gasteiger partial charge is 0.0772 e. The Bertz CT molecular complexity index is 399. The van der Waals surface area contributed by atoms with Gasteiger partial charge in [0.25, 0.3) is 0 Å². The minimum Gasteiger partial charge on any atom is -0.379 e. The number of halogens is 2. The van der Waals surface area contributed by atoms with E-state index in [1.54, 1.807) is 0 Å². The van der Waals surface area contributed by atoms with Gasteiger partial charge in [-0.3, -0.25) is 0 Å². The van der Waals surface area contributed by atoms with Crippen molar-refractivity contribution in [1.82, 2.24) is 0 Å². The van der Waals surface area contributed by atoms with Crippen molar-refractivity contribution >= 4 is 37.5 Å². The topological polar surface area (TPSA) is 21.3 Å². The lowest BCUT2D eigenvalue weighted by Crippen LogP contribution is -2.37. The SMILES string of the molecule is COC1CCCCC1Nc1c(Br)cc(C)cc1Br. The van der Waals surface area contributed by atoms with E-state index in [1.807, 2.05) is 7.11 Å². The van der Waals surface area contributed by atoms with Crippen LogP contribution in [-0.4, -0.2) is 19.3 Å². The highest BCUT2D eigenvalue weighted by molar-refractivity contribution is 9.11. The largest absolute Gasteiger partial charge is 0.379 e. The van der Waals surface area contributed by atoms with Crippen LogP contribution in [-0.2, 0) is 4.74 Å². The summed E-state index contributed by atoms with van der Waals surface area (Å²) >= 11 is 7.27. The van der Waals surface area contributed by atoms with Crippen molar-refractivity contribution in [3.05, 3.63) is 26.6 Å². The maximum atomic E-state index is 5.59. The molecule has 1 aliphatic carbocycles. The van der Waals surface area contributed by atoms with Crippen molar-refractivity contribution in [3.63, 3.8) is 0 Å². The molecule has 18 heavy (non-hydrogen) atoms. The predicted octanol–water partition coefficient (Wildman–Crippen LogP) is 4.89. The number of hydrogen-bond acceptors (Lipinski definition) is 2. The predicted molar refractivity (Wildman–Crippen MR) is 83.3 cm³/mol. The van der Waals surface area contributed by atoms with Gasteiger partial charge in [0.05, 0.1) is 17.8 Å². The fraction of sp³-hybridized carbons (Fsp3) is 0.571. The third-order valence-corrected chi connectivity index (χ3v) is 4.77. The molecular weight excluding hydrogens is 358 g/mol. The van der Waals surface area contributed by atoms with Crippen LogP contribution in [0, 0.1) is 6.92 Å². The molecule has 0 spiro atoms. The third-order valence-electron chi connectivity index (χ3n) is 3.52. The van der Waals surface area contributed by atoms with Crippen molar-refractivity contribution in [2.75, 3.05) is 12.4 Å². The van der Waals surface area contributed by atoms with E-state index in [1.165, 1.54) is 24.8 Å². The van der Waals surface area contributed by atoms with Gasteiger partial charge in [-0.2, -0.15) is 0 Å². The summed E-state index contributed by atoms with van der Waals surface area (Å²) in [6.45, 7) is 2.10. The summed E-state index contributed by atoms with van der Waals surface area (Å²) in [6, 6.07) is 4.68. The van der Waals surface area contributed by atoms with Gasteiger partial charge in [0.1, 0.15) is 0 Å². The van der Waals surface area contributed by atoms with E-state index in [2.05, 4.69) is 56.2 Å². The van der Waals surface area contributed by atoms with Gasteiger partial charge in [-0.05, 0) is 69.3 Å². The zero-order valence-corrected chi connectivity index (χ0v) is 14.0. The van der Waals surface area contributed by atoms with Crippen molar-refractivity contribution in [2.24, 2.45) is 0 Å². The highest BCUT2D eigenvalue weighted by Gasteiger charge is 2.25. The Morgan fingerprint density at radius 2 is 1.78 bits per heavy atom. The van der Waals surface area contributed by atoms with Crippen molar-refractivity contribution in [1.29, 1.82) is 0 Å². The number of benzene rings is 1. The second-order valence-corrected chi connectivity index (χ2v) is 6.62. The number of nitrogens with one attached hydrogen (secondary N) is 1. The molecule has 0 amide bonds. The fourth-order valence-corrected chi connectivity index (χ4v) is 4.21. The number of anilines is 1. The molecule has 100 valence electrons. The van der Waals surface area contributed by atoms with Crippen LogP contribution < -0.4 is 5.32 Å². The van der Waals surface area contributed by atoms with Gasteiger partial charge < -0.3 is 10.1 Å². The first-order chi connectivity index (χ1) is 8.61. The monoisotopic (exact) mass is 375 g/mol. The molecule has 1 aliphatic rings. The van der Waals surface area contributed by atoms with Crippen LogP contribution in [0.4, 0.5) is 5.69 Å². The summed E-state index contributed by atoms with van der Waals surface area (Å²) in [5.41, 5.74) is 2.38. The molecule has 1 aromatic rings. The number of aryl methyl sites for hydroxylation is 1. The Balaban J connectivity index is 2.17. The highest BCUT2D eigenvalue weighted by atomic mass is 79.9. The number of rotatable bonds is 3. The second kappa shape index (κ2) is 6.40. The molecule has 1 saturated carbocycles. The van der Waals surface area contributed by atoms with Gasteiger partial charge in [-0.15, -0.1) is 0 Å². The van der Waals surface area contributed by atoms with E-state index in [4.69, 9.17) is 4.74 Å². The summed E-state index contributed by atoms with van der Waals surface area (Å²) in [4.78, 5) is 0. The molecule has 1 fully saturated rings. The lowest BCUT2D eigenvalue weighted by molar-refractivity contribution is 0.0606. The normalized spacial score (nSPS) is 24.0. The van der Waals surface area contributed by atoms with Crippen LogP contribution in [0.15, 0.2) is 21.1 Å². The quantitative estimate of drug-likeness (QED) is 0.810. The Morgan fingerprint density at radius 3 is 2.39 bits per heavy atom. The average Bonchev–Trinajstić information content (AvgIpc) is 2.34. The summed E-state index contributed by atoms with van der Waals surface area (Å²) in [5.74, 6) is 0. The minimum absolute atomic E-state index is 0.318. The summed E-state index contributed by atoms with van der Waals surface area (Å²) < 4.78 is 7.80. The lowest BCUT2D eigenvalue weighted by Gasteiger charge is -2.32. The number of hydrogen-bond donors (Lipinski definition) is 1. The van der Waals surface area contributed by atoms with E-state index in [0.29, 0.717) is 12.1 Å². The van der Waals surface area contributed by atoms with Crippen LogP contribution in [0.1, 0.15) is 31.2 Å². The zero-order chi connectivity index (χ0) is 13.1. The molecule has 1 N–H and O–H groups in total. The Kier molecular flexibility index (Phi) is 5.10. The molecule has 0 radical (unpaired) electrons. The third kappa shape index (κ3) is 3.28. The number of methoxy groups -OCH3 is 1. The molecule has 0 bridgehead atoms. The molecule has 0 aromatic heterocycles. The highest BCUT2D eigenvalue weighted by Crippen LogP contribution is 2.35. The van der Waals surface area contributed by atoms with Gasteiger partial charge in [0, 0.05) is 16.1 Å². The standard InChI is InChI=1S/C14H19Br2NO/c1-9-7-10(15)14(11(16)8-9)17-12-5-3-4-6-13(12)18-2/h7-8,12-13,17H,3-6H2,1-2H3. The van der Waals surface area contributed by atoms with Crippen molar-refractivity contribution in [3.8, 4) is 0 Å². The molecule has 4 heteroatoms. The van der Waals surface area contributed by atoms with Gasteiger partial charge >= 0.3 is 0 Å². The van der Waals surface area contributed by atoms with Gasteiger partial charge in [0.15, 0.2) is 0 Å². The van der Waals surface area contributed by atoms with Gasteiger partial charge in [0.2, 0.25) is 0 Å². The van der Waals surface area contributed by atoms with Crippen molar-refractivity contribution in [2.45, 2.75) is 44.8 Å². The molecule has 2 rings (SSSR count). The first-order valence-electron chi connectivity index (χ1n) is 6.37.